The van der Waals surface area contributed by atoms with Gasteiger partial charge in [-0.05, 0) is 12.3 Å². The van der Waals surface area contributed by atoms with Gasteiger partial charge in [0.05, 0.1) is 11.4 Å². The van der Waals surface area contributed by atoms with Gasteiger partial charge < -0.3 is 5.11 Å². The fraction of sp³-hybridized carbons (Fsp3) is 0.600. The molecule has 1 aromatic heterocycles. The first-order valence-corrected chi connectivity index (χ1v) is 6.04. The molecule has 0 amide bonds. The minimum Gasteiger partial charge on any atom is -0.481 e. The minimum atomic E-state index is -0.801. The van der Waals surface area contributed by atoms with E-state index in [9.17, 15) is 4.79 Å². The van der Waals surface area contributed by atoms with Gasteiger partial charge in [0.2, 0.25) is 0 Å². The van der Waals surface area contributed by atoms with Gasteiger partial charge in [0.15, 0.2) is 0 Å². The van der Waals surface area contributed by atoms with Crippen LogP contribution in [-0.4, -0.2) is 16.1 Å². The number of aliphatic carboxylic acids is 1. The summed E-state index contributed by atoms with van der Waals surface area (Å²) in [7, 11) is 0. The highest BCUT2D eigenvalue weighted by molar-refractivity contribution is 7.12. The lowest BCUT2D eigenvalue weighted by molar-refractivity contribution is -0.136. The average molecular weight is 248 g/mol. The number of carboxylic acids is 1. The number of hydrogen-bond donors (Lipinski definition) is 1. The van der Waals surface area contributed by atoms with E-state index < -0.39 is 5.97 Å². The SMILES string of the molecule is CC(C)Cc1nc(Cl)c(CCC(=O)O)s1. The monoisotopic (exact) mass is 247 g/mol. The fourth-order valence-electron chi connectivity index (χ4n) is 1.19. The van der Waals surface area contributed by atoms with Crippen molar-refractivity contribution in [1.82, 2.24) is 4.98 Å². The van der Waals surface area contributed by atoms with Crippen LogP contribution in [-0.2, 0) is 17.6 Å². The van der Waals surface area contributed by atoms with Crippen LogP contribution < -0.4 is 0 Å². The van der Waals surface area contributed by atoms with Crippen LogP contribution in [0.2, 0.25) is 5.15 Å². The van der Waals surface area contributed by atoms with E-state index in [1.54, 1.807) is 0 Å². The van der Waals surface area contributed by atoms with Gasteiger partial charge in [-0.3, -0.25) is 4.79 Å². The molecule has 0 fully saturated rings. The van der Waals surface area contributed by atoms with E-state index >= 15 is 0 Å². The molecule has 0 aliphatic rings. The molecule has 0 aliphatic heterocycles. The number of carboxylic acid groups (broad SMARTS) is 1. The van der Waals surface area contributed by atoms with E-state index in [2.05, 4.69) is 18.8 Å². The molecule has 0 atom stereocenters. The third kappa shape index (κ3) is 4.18. The first-order valence-electron chi connectivity index (χ1n) is 4.85. The number of rotatable bonds is 5. The predicted octanol–water partition coefficient (Wildman–Crippen LogP) is 3.01. The van der Waals surface area contributed by atoms with Crippen LogP contribution in [0.4, 0.5) is 0 Å². The first-order chi connectivity index (χ1) is 6.99. The number of thiazole rings is 1. The minimum absolute atomic E-state index is 0.114. The van der Waals surface area contributed by atoms with Crippen molar-refractivity contribution in [3.8, 4) is 0 Å². The molecule has 5 heteroatoms. The van der Waals surface area contributed by atoms with Crippen LogP contribution in [0.1, 0.15) is 30.2 Å². The van der Waals surface area contributed by atoms with Crippen LogP contribution in [0, 0.1) is 5.92 Å². The molecule has 1 heterocycles. The van der Waals surface area contributed by atoms with Gasteiger partial charge in [-0.1, -0.05) is 25.4 Å². The molecule has 15 heavy (non-hydrogen) atoms. The third-order valence-electron chi connectivity index (χ3n) is 1.84. The summed E-state index contributed by atoms with van der Waals surface area (Å²) in [5, 5.41) is 10.0. The maximum atomic E-state index is 10.4. The van der Waals surface area contributed by atoms with Gasteiger partial charge in [0.25, 0.3) is 0 Å². The first kappa shape index (κ1) is 12.5. The van der Waals surface area contributed by atoms with Crippen molar-refractivity contribution in [2.75, 3.05) is 0 Å². The van der Waals surface area contributed by atoms with Crippen molar-refractivity contribution >= 4 is 28.9 Å². The highest BCUT2D eigenvalue weighted by Crippen LogP contribution is 2.26. The van der Waals surface area contributed by atoms with E-state index in [0.717, 1.165) is 16.3 Å². The summed E-state index contributed by atoms with van der Waals surface area (Å²) in [4.78, 5) is 15.5. The van der Waals surface area contributed by atoms with Crippen molar-refractivity contribution in [2.24, 2.45) is 5.92 Å². The Labute approximate surface area is 98.1 Å². The molecule has 0 aliphatic carbocycles. The Kier molecular flexibility index (Phi) is 4.54. The van der Waals surface area contributed by atoms with Gasteiger partial charge in [0.1, 0.15) is 5.15 Å². The Morgan fingerprint density at radius 3 is 2.80 bits per heavy atom. The predicted molar refractivity (Wildman–Crippen MR) is 61.6 cm³/mol. The van der Waals surface area contributed by atoms with Crippen molar-refractivity contribution in [3.63, 3.8) is 0 Å². The highest BCUT2D eigenvalue weighted by Gasteiger charge is 2.11. The van der Waals surface area contributed by atoms with E-state index in [4.69, 9.17) is 16.7 Å². The lowest BCUT2D eigenvalue weighted by atomic mass is 10.1. The van der Waals surface area contributed by atoms with E-state index in [0.29, 0.717) is 17.5 Å². The zero-order chi connectivity index (χ0) is 11.4. The van der Waals surface area contributed by atoms with E-state index in [-0.39, 0.29) is 6.42 Å². The number of halogens is 1. The molecule has 1 N–H and O–H groups in total. The Hall–Kier alpha value is -0.610. The normalized spacial score (nSPS) is 10.9. The standard InChI is InChI=1S/C10H14ClNO2S/c1-6(2)5-8-12-10(11)7(15-8)3-4-9(13)14/h6H,3-5H2,1-2H3,(H,13,14). The number of aryl methyl sites for hydroxylation is 1. The number of aromatic nitrogens is 1. The van der Waals surface area contributed by atoms with Crippen LogP contribution in [0.15, 0.2) is 0 Å². The topological polar surface area (TPSA) is 50.2 Å². The number of hydrogen-bond acceptors (Lipinski definition) is 3. The summed E-state index contributed by atoms with van der Waals surface area (Å²) in [5.74, 6) is -0.260. The Morgan fingerprint density at radius 1 is 1.60 bits per heavy atom. The third-order valence-corrected chi connectivity index (χ3v) is 3.40. The summed E-state index contributed by atoms with van der Waals surface area (Å²) >= 11 is 7.44. The van der Waals surface area contributed by atoms with Crippen molar-refractivity contribution in [1.29, 1.82) is 0 Å². The number of nitrogens with zero attached hydrogens (tertiary/aromatic N) is 1. The lowest BCUT2D eigenvalue weighted by Gasteiger charge is -1.97. The van der Waals surface area contributed by atoms with Gasteiger partial charge >= 0.3 is 5.97 Å². The molecule has 0 bridgehead atoms. The summed E-state index contributed by atoms with van der Waals surface area (Å²) in [6.07, 6.45) is 1.49. The van der Waals surface area contributed by atoms with Gasteiger partial charge in [-0.15, -0.1) is 11.3 Å². The fourth-order valence-corrected chi connectivity index (χ4v) is 2.72. The van der Waals surface area contributed by atoms with E-state index in [1.165, 1.54) is 11.3 Å². The molecule has 0 radical (unpaired) electrons. The quantitative estimate of drug-likeness (QED) is 0.870. The molecule has 0 saturated carbocycles. The molecule has 1 aromatic rings. The summed E-state index contributed by atoms with van der Waals surface area (Å²) < 4.78 is 0. The second-order valence-corrected chi connectivity index (χ2v) is 5.34. The molecule has 0 saturated heterocycles. The summed E-state index contributed by atoms with van der Waals surface area (Å²) in [6, 6.07) is 0. The van der Waals surface area contributed by atoms with E-state index in [1.807, 2.05) is 0 Å². The lowest BCUT2D eigenvalue weighted by Crippen LogP contribution is -1.96. The van der Waals surface area contributed by atoms with Gasteiger partial charge in [-0.25, -0.2) is 4.98 Å². The summed E-state index contributed by atoms with van der Waals surface area (Å²) in [5.41, 5.74) is 0. The molecule has 0 aromatic carbocycles. The summed E-state index contributed by atoms with van der Waals surface area (Å²) in [6.45, 7) is 4.23. The van der Waals surface area contributed by atoms with Gasteiger partial charge in [-0.2, -0.15) is 0 Å². The maximum Gasteiger partial charge on any atom is 0.303 e. The molecular weight excluding hydrogens is 234 g/mol. The molecule has 84 valence electrons. The van der Waals surface area contributed by atoms with Crippen LogP contribution in [0.25, 0.3) is 0 Å². The van der Waals surface area contributed by atoms with Crippen molar-refractivity contribution in [3.05, 3.63) is 15.0 Å². The molecular formula is C10H14ClNO2S. The maximum absolute atomic E-state index is 10.4. The Bertz CT molecular complexity index is 349. The second kappa shape index (κ2) is 5.47. The molecule has 1 rings (SSSR count). The van der Waals surface area contributed by atoms with Gasteiger partial charge in [0, 0.05) is 11.3 Å². The average Bonchev–Trinajstić information content (AvgIpc) is 2.41. The van der Waals surface area contributed by atoms with Crippen molar-refractivity contribution in [2.45, 2.75) is 33.1 Å². The second-order valence-electron chi connectivity index (χ2n) is 3.81. The zero-order valence-electron chi connectivity index (χ0n) is 8.79. The van der Waals surface area contributed by atoms with Crippen LogP contribution in [0.3, 0.4) is 0 Å². The molecule has 3 nitrogen and oxygen atoms in total. The zero-order valence-corrected chi connectivity index (χ0v) is 10.4. The Morgan fingerprint density at radius 2 is 2.27 bits per heavy atom. The van der Waals surface area contributed by atoms with Crippen molar-refractivity contribution < 1.29 is 9.90 Å². The number of carbonyl (C=O) groups is 1. The smallest absolute Gasteiger partial charge is 0.303 e. The molecule has 0 spiro atoms. The van der Waals surface area contributed by atoms with Crippen LogP contribution >= 0.6 is 22.9 Å². The Balaban J connectivity index is 2.64. The largest absolute Gasteiger partial charge is 0.481 e. The highest BCUT2D eigenvalue weighted by atomic mass is 35.5. The molecule has 0 unspecified atom stereocenters. The van der Waals surface area contributed by atoms with Crippen LogP contribution in [0.5, 0.6) is 0 Å².